The number of hydrogen-bond acceptors (Lipinski definition) is 4. The van der Waals surface area contributed by atoms with Crippen molar-refractivity contribution >= 4 is 22.6 Å². The molecule has 3 rings (SSSR count). The summed E-state index contributed by atoms with van der Waals surface area (Å²) in [4.78, 5) is 15.8. The van der Waals surface area contributed by atoms with Gasteiger partial charge in [0.05, 0.1) is 5.69 Å². The molecule has 0 saturated heterocycles. The number of amides is 1. The van der Waals surface area contributed by atoms with E-state index in [-0.39, 0.29) is 16.9 Å². The molecular weight excluding hydrogens is 268 g/mol. The fourth-order valence-corrected chi connectivity index (χ4v) is 2.01. The summed E-state index contributed by atoms with van der Waals surface area (Å²) >= 11 is 0. The lowest BCUT2D eigenvalue weighted by atomic mass is 10.2. The van der Waals surface area contributed by atoms with Gasteiger partial charge < -0.3 is 15.3 Å². The Morgan fingerprint density at radius 2 is 1.90 bits per heavy atom. The van der Waals surface area contributed by atoms with E-state index in [9.17, 15) is 9.90 Å². The van der Waals surface area contributed by atoms with Gasteiger partial charge in [-0.1, -0.05) is 24.3 Å². The Bertz CT molecular complexity index is 897. The molecule has 0 fully saturated rings. The van der Waals surface area contributed by atoms with Crippen molar-refractivity contribution in [2.75, 3.05) is 0 Å². The number of primary amides is 1. The highest BCUT2D eigenvalue weighted by molar-refractivity contribution is 5.95. The second kappa shape index (κ2) is 5.13. The summed E-state index contributed by atoms with van der Waals surface area (Å²) in [6, 6.07) is 15.3. The summed E-state index contributed by atoms with van der Waals surface area (Å²) in [7, 11) is 0. The minimum atomic E-state index is -0.622. The molecule has 0 radical (unpaired) electrons. The first-order chi connectivity index (χ1) is 10.1. The van der Waals surface area contributed by atoms with Crippen LogP contribution in [0.5, 0.6) is 5.75 Å². The number of hydrogen-bond donors (Lipinski definition) is 2. The normalized spacial score (nSPS) is 11.7. The van der Waals surface area contributed by atoms with E-state index in [1.165, 1.54) is 12.1 Å². The van der Waals surface area contributed by atoms with E-state index in [0.29, 0.717) is 11.3 Å². The number of carbonyl (C=O) groups is 1. The van der Waals surface area contributed by atoms with E-state index in [4.69, 9.17) is 10.2 Å². The quantitative estimate of drug-likeness (QED) is 0.755. The largest absolute Gasteiger partial charge is 0.508 e. The number of fused-ring (bicyclic) bond motifs is 1. The van der Waals surface area contributed by atoms with Gasteiger partial charge in [0.2, 0.25) is 5.55 Å². The van der Waals surface area contributed by atoms with Crippen molar-refractivity contribution in [1.29, 1.82) is 0 Å². The van der Waals surface area contributed by atoms with Crippen LogP contribution in [0.15, 0.2) is 64.0 Å². The number of rotatable bonds is 2. The molecule has 0 spiro atoms. The standard InChI is InChI=1S/C16H12N2O3/c17-15(20)13-8-10-4-1-2-7-14(10)21-16(13)18-11-5-3-6-12(19)9-11/h1-9,19H,(H2,17,20). The third-order valence-corrected chi connectivity index (χ3v) is 2.98. The SMILES string of the molecule is NC(=O)c1cc2ccccc2oc1=Nc1cccc(O)c1. The maximum absolute atomic E-state index is 11.6. The highest BCUT2D eigenvalue weighted by Crippen LogP contribution is 2.18. The maximum Gasteiger partial charge on any atom is 0.254 e. The summed E-state index contributed by atoms with van der Waals surface area (Å²) in [5.41, 5.74) is 6.76. The number of phenols is 1. The molecule has 0 atom stereocenters. The molecule has 104 valence electrons. The molecule has 1 aromatic heterocycles. The number of para-hydroxylation sites is 1. The fraction of sp³-hybridized carbons (Fsp3) is 0. The van der Waals surface area contributed by atoms with Crippen LogP contribution < -0.4 is 11.3 Å². The lowest BCUT2D eigenvalue weighted by Crippen LogP contribution is -2.21. The first kappa shape index (κ1) is 12.9. The molecule has 0 bridgehead atoms. The van der Waals surface area contributed by atoms with Gasteiger partial charge in [-0.3, -0.25) is 4.79 Å². The lowest BCUT2D eigenvalue weighted by Gasteiger charge is -2.01. The van der Waals surface area contributed by atoms with Crippen molar-refractivity contribution in [2.45, 2.75) is 0 Å². The van der Waals surface area contributed by atoms with Crippen molar-refractivity contribution in [2.24, 2.45) is 10.7 Å². The van der Waals surface area contributed by atoms with Crippen molar-refractivity contribution < 1.29 is 14.3 Å². The predicted molar refractivity (Wildman–Crippen MR) is 78.1 cm³/mol. The topological polar surface area (TPSA) is 88.8 Å². The van der Waals surface area contributed by atoms with Gasteiger partial charge in [0.15, 0.2) is 0 Å². The second-order valence-electron chi connectivity index (χ2n) is 4.50. The average molecular weight is 280 g/mol. The van der Waals surface area contributed by atoms with E-state index in [1.807, 2.05) is 18.2 Å². The van der Waals surface area contributed by atoms with Crippen LogP contribution in [0, 0.1) is 0 Å². The Labute approximate surface area is 120 Å². The lowest BCUT2D eigenvalue weighted by molar-refractivity contribution is 0.0996. The molecule has 3 N–H and O–H groups in total. The number of nitrogens with zero attached hydrogens (tertiary/aromatic N) is 1. The van der Waals surface area contributed by atoms with Crippen molar-refractivity contribution in [1.82, 2.24) is 0 Å². The van der Waals surface area contributed by atoms with Gasteiger partial charge in [0.25, 0.3) is 5.91 Å². The minimum Gasteiger partial charge on any atom is -0.508 e. The smallest absolute Gasteiger partial charge is 0.254 e. The van der Waals surface area contributed by atoms with Gasteiger partial charge in [-0.2, -0.15) is 0 Å². The van der Waals surface area contributed by atoms with E-state index in [0.717, 1.165) is 5.39 Å². The van der Waals surface area contributed by atoms with Crippen molar-refractivity contribution in [3.05, 3.63) is 65.7 Å². The summed E-state index contributed by atoms with van der Waals surface area (Å²) in [5, 5.41) is 10.2. The Morgan fingerprint density at radius 1 is 1.10 bits per heavy atom. The van der Waals surface area contributed by atoms with Crippen LogP contribution in [0.3, 0.4) is 0 Å². The summed E-state index contributed by atoms with van der Waals surface area (Å²) in [6.07, 6.45) is 0. The van der Waals surface area contributed by atoms with E-state index in [2.05, 4.69) is 4.99 Å². The monoisotopic (exact) mass is 280 g/mol. The molecule has 0 aliphatic rings. The van der Waals surface area contributed by atoms with Crippen LogP contribution in [0.1, 0.15) is 10.4 Å². The summed E-state index contributed by atoms with van der Waals surface area (Å²) in [5.74, 6) is -0.541. The second-order valence-corrected chi connectivity index (χ2v) is 4.50. The van der Waals surface area contributed by atoms with Crippen LogP contribution in [-0.2, 0) is 0 Å². The molecule has 1 heterocycles. The first-order valence-corrected chi connectivity index (χ1v) is 6.30. The van der Waals surface area contributed by atoms with Crippen LogP contribution in [-0.4, -0.2) is 11.0 Å². The third kappa shape index (κ3) is 2.62. The average Bonchev–Trinajstić information content (AvgIpc) is 2.46. The number of benzene rings is 2. The summed E-state index contributed by atoms with van der Waals surface area (Å²) in [6.45, 7) is 0. The van der Waals surface area contributed by atoms with Gasteiger partial charge in [0, 0.05) is 11.5 Å². The van der Waals surface area contributed by atoms with Gasteiger partial charge in [-0.15, -0.1) is 0 Å². The van der Waals surface area contributed by atoms with E-state index >= 15 is 0 Å². The molecular formula is C16H12N2O3. The Kier molecular flexibility index (Phi) is 3.16. The Balaban J connectivity index is 2.29. The zero-order valence-corrected chi connectivity index (χ0v) is 11.0. The molecule has 5 heteroatoms. The van der Waals surface area contributed by atoms with Crippen molar-refractivity contribution in [3.8, 4) is 5.75 Å². The first-order valence-electron chi connectivity index (χ1n) is 6.30. The highest BCUT2D eigenvalue weighted by Gasteiger charge is 2.09. The molecule has 21 heavy (non-hydrogen) atoms. The Morgan fingerprint density at radius 3 is 2.67 bits per heavy atom. The van der Waals surface area contributed by atoms with Gasteiger partial charge in [0.1, 0.15) is 16.9 Å². The maximum atomic E-state index is 11.6. The summed E-state index contributed by atoms with van der Waals surface area (Å²) < 4.78 is 5.65. The number of aromatic hydroxyl groups is 1. The van der Waals surface area contributed by atoms with Gasteiger partial charge in [-0.25, -0.2) is 4.99 Å². The zero-order chi connectivity index (χ0) is 14.8. The number of nitrogens with two attached hydrogens (primary N) is 1. The van der Waals surface area contributed by atoms with E-state index < -0.39 is 5.91 Å². The Hall–Kier alpha value is -3.08. The molecule has 0 aliphatic heterocycles. The molecule has 0 saturated carbocycles. The fourth-order valence-electron chi connectivity index (χ4n) is 2.01. The van der Waals surface area contributed by atoms with Crippen LogP contribution >= 0.6 is 0 Å². The van der Waals surface area contributed by atoms with Crippen LogP contribution in [0.25, 0.3) is 11.0 Å². The molecule has 5 nitrogen and oxygen atoms in total. The van der Waals surface area contributed by atoms with E-state index in [1.54, 1.807) is 24.3 Å². The highest BCUT2D eigenvalue weighted by atomic mass is 16.3. The van der Waals surface area contributed by atoms with Crippen molar-refractivity contribution in [3.63, 3.8) is 0 Å². The third-order valence-electron chi connectivity index (χ3n) is 2.98. The molecule has 1 amide bonds. The predicted octanol–water partition coefficient (Wildman–Crippen LogP) is 2.47. The van der Waals surface area contributed by atoms with Gasteiger partial charge in [-0.05, 0) is 24.3 Å². The van der Waals surface area contributed by atoms with Crippen LogP contribution in [0.4, 0.5) is 5.69 Å². The molecule has 2 aromatic carbocycles. The van der Waals surface area contributed by atoms with Crippen LogP contribution in [0.2, 0.25) is 0 Å². The minimum absolute atomic E-state index is 0.0812. The molecule has 0 unspecified atom stereocenters. The number of carbonyl (C=O) groups excluding carboxylic acids is 1. The zero-order valence-electron chi connectivity index (χ0n) is 11.0. The van der Waals surface area contributed by atoms with Gasteiger partial charge >= 0.3 is 0 Å². The molecule has 0 aliphatic carbocycles. The number of phenolic OH excluding ortho intramolecular Hbond substituents is 1. The molecule has 3 aromatic rings.